The fourth-order valence-electron chi connectivity index (χ4n) is 1.83. The van der Waals surface area contributed by atoms with Crippen LogP contribution in [0.15, 0.2) is 24.3 Å². The van der Waals surface area contributed by atoms with Crippen LogP contribution in [-0.4, -0.2) is 35.4 Å². The maximum Gasteiger partial charge on any atom is 0.333 e. The van der Waals surface area contributed by atoms with Crippen LogP contribution in [0.25, 0.3) is 0 Å². The van der Waals surface area contributed by atoms with Gasteiger partial charge in [-0.15, -0.1) is 0 Å². The molecule has 1 aromatic rings. The zero-order chi connectivity index (χ0) is 15.4. The highest BCUT2D eigenvalue weighted by Crippen LogP contribution is 2.22. The van der Waals surface area contributed by atoms with Crippen LogP contribution in [0.5, 0.6) is 0 Å². The average Bonchev–Trinajstić information content (AvgIpc) is 2.69. The molecule has 1 aliphatic rings. The third kappa shape index (κ3) is 3.25. The van der Waals surface area contributed by atoms with E-state index in [-0.39, 0.29) is 30.6 Å². The van der Waals surface area contributed by atoms with E-state index in [0.29, 0.717) is 5.06 Å². The van der Waals surface area contributed by atoms with Crippen molar-refractivity contribution >= 4 is 23.8 Å². The average molecular weight is 291 g/mol. The lowest BCUT2D eigenvalue weighted by molar-refractivity contribution is -0.169. The first kappa shape index (κ1) is 14.7. The van der Waals surface area contributed by atoms with E-state index in [4.69, 9.17) is 4.84 Å². The molecule has 0 radical (unpaired) electrons. The van der Waals surface area contributed by atoms with Gasteiger partial charge in [0.2, 0.25) is 0 Å². The largest absolute Gasteiger partial charge is 0.466 e. The van der Waals surface area contributed by atoms with Crippen molar-refractivity contribution in [3.05, 3.63) is 35.4 Å². The summed E-state index contributed by atoms with van der Waals surface area (Å²) in [6, 6.07) is 6.22. The molecule has 21 heavy (non-hydrogen) atoms. The highest BCUT2D eigenvalue weighted by atomic mass is 16.7. The lowest BCUT2D eigenvalue weighted by Gasteiger charge is -2.12. The Morgan fingerprint density at radius 2 is 1.67 bits per heavy atom. The van der Waals surface area contributed by atoms with Crippen molar-refractivity contribution in [1.82, 2.24) is 5.06 Å². The maximum absolute atomic E-state index is 11.9. The molecule has 1 aliphatic heterocycles. The first-order chi connectivity index (χ1) is 10.0. The SMILES string of the molecule is CC(=O)OCCCC(=O)ON1C(=O)c2ccccc2C1=O. The second-order valence-corrected chi connectivity index (χ2v) is 4.36. The quantitative estimate of drug-likeness (QED) is 0.458. The van der Waals surface area contributed by atoms with Crippen molar-refractivity contribution in [3.8, 4) is 0 Å². The third-order valence-electron chi connectivity index (χ3n) is 2.78. The Morgan fingerprint density at radius 1 is 1.10 bits per heavy atom. The summed E-state index contributed by atoms with van der Waals surface area (Å²) in [7, 11) is 0. The number of hydrogen-bond acceptors (Lipinski definition) is 6. The number of amides is 2. The zero-order valence-corrected chi connectivity index (χ0v) is 11.3. The summed E-state index contributed by atoms with van der Waals surface area (Å²) in [6.45, 7) is 1.34. The van der Waals surface area contributed by atoms with E-state index in [9.17, 15) is 19.2 Å². The topological polar surface area (TPSA) is 90.0 Å². The smallest absolute Gasteiger partial charge is 0.333 e. The Balaban J connectivity index is 1.90. The molecule has 0 saturated carbocycles. The minimum absolute atomic E-state index is 0.0688. The van der Waals surface area contributed by atoms with Crippen LogP contribution >= 0.6 is 0 Å². The van der Waals surface area contributed by atoms with Crippen molar-refractivity contribution in [2.24, 2.45) is 0 Å². The summed E-state index contributed by atoms with van der Waals surface area (Å²) in [4.78, 5) is 50.7. The molecule has 0 N–H and O–H groups in total. The number of fused-ring (bicyclic) bond motifs is 1. The number of hydrogen-bond donors (Lipinski definition) is 0. The van der Waals surface area contributed by atoms with Crippen LogP contribution in [0.1, 0.15) is 40.5 Å². The van der Waals surface area contributed by atoms with Gasteiger partial charge in [-0.05, 0) is 18.6 Å². The molecule has 2 amide bonds. The number of carbonyl (C=O) groups excluding carboxylic acids is 4. The summed E-state index contributed by atoms with van der Waals surface area (Å²) in [5, 5.41) is 0.457. The van der Waals surface area contributed by atoms with E-state index in [1.165, 1.54) is 19.1 Å². The molecule has 0 unspecified atom stereocenters. The predicted octanol–water partition coefficient (Wildman–Crippen LogP) is 1.08. The van der Waals surface area contributed by atoms with E-state index in [0.717, 1.165) is 0 Å². The minimum atomic E-state index is -0.739. The first-order valence-electron chi connectivity index (χ1n) is 6.32. The summed E-state index contributed by atoms with van der Waals surface area (Å²) in [6.07, 6.45) is 0.183. The molecular formula is C14H13NO6. The molecule has 7 heteroatoms. The highest BCUT2D eigenvalue weighted by molar-refractivity contribution is 6.20. The van der Waals surface area contributed by atoms with Gasteiger partial charge < -0.3 is 9.57 Å². The van der Waals surface area contributed by atoms with Crippen molar-refractivity contribution in [1.29, 1.82) is 0 Å². The third-order valence-corrected chi connectivity index (χ3v) is 2.78. The number of nitrogens with zero attached hydrogens (tertiary/aromatic N) is 1. The van der Waals surface area contributed by atoms with Crippen molar-refractivity contribution in [3.63, 3.8) is 0 Å². The lowest BCUT2D eigenvalue weighted by atomic mass is 10.1. The molecule has 1 heterocycles. The molecule has 7 nitrogen and oxygen atoms in total. The number of rotatable bonds is 5. The van der Waals surface area contributed by atoms with Gasteiger partial charge in [0.1, 0.15) is 0 Å². The van der Waals surface area contributed by atoms with Gasteiger partial charge in [-0.3, -0.25) is 14.4 Å². The summed E-state index contributed by atoms with van der Waals surface area (Å²) in [5.41, 5.74) is 0.408. The van der Waals surface area contributed by atoms with Gasteiger partial charge in [-0.25, -0.2) is 4.79 Å². The molecule has 0 fully saturated rings. The lowest BCUT2D eigenvalue weighted by Crippen LogP contribution is -2.32. The Labute approximate surface area is 120 Å². The molecular weight excluding hydrogens is 278 g/mol. The number of imide groups is 1. The van der Waals surface area contributed by atoms with Crippen LogP contribution in [-0.2, 0) is 19.2 Å². The van der Waals surface area contributed by atoms with Gasteiger partial charge >= 0.3 is 11.9 Å². The Hall–Kier alpha value is -2.70. The Bertz CT molecular complexity index is 574. The molecule has 0 saturated heterocycles. The van der Waals surface area contributed by atoms with E-state index in [2.05, 4.69) is 4.74 Å². The van der Waals surface area contributed by atoms with Crippen LogP contribution in [0.2, 0.25) is 0 Å². The van der Waals surface area contributed by atoms with Crippen molar-refractivity contribution in [2.45, 2.75) is 19.8 Å². The number of hydroxylamine groups is 2. The molecule has 110 valence electrons. The van der Waals surface area contributed by atoms with E-state index in [1.807, 2.05) is 0 Å². The van der Waals surface area contributed by atoms with Crippen molar-refractivity contribution in [2.75, 3.05) is 6.61 Å². The van der Waals surface area contributed by atoms with Crippen LogP contribution in [0.4, 0.5) is 0 Å². The molecule has 1 aromatic carbocycles. The highest BCUT2D eigenvalue weighted by Gasteiger charge is 2.38. The van der Waals surface area contributed by atoms with Crippen LogP contribution < -0.4 is 0 Å². The molecule has 0 atom stereocenters. The Morgan fingerprint density at radius 3 is 2.19 bits per heavy atom. The van der Waals surface area contributed by atoms with Crippen LogP contribution in [0, 0.1) is 0 Å². The zero-order valence-electron chi connectivity index (χ0n) is 11.3. The molecule has 2 rings (SSSR count). The van der Waals surface area contributed by atoms with Gasteiger partial charge in [-0.2, -0.15) is 0 Å². The van der Waals surface area contributed by atoms with E-state index >= 15 is 0 Å². The van der Waals surface area contributed by atoms with Gasteiger partial charge in [0.25, 0.3) is 11.8 Å². The number of carbonyl (C=O) groups is 4. The van der Waals surface area contributed by atoms with E-state index < -0.39 is 23.8 Å². The number of ether oxygens (including phenoxy) is 1. The fourth-order valence-corrected chi connectivity index (χ4v) is 1.83. The minimum Gasteiger partial charge on any atom is -0.466 e. The van der Waals surface area contributed by atoms with E-state index in [1.54, 1.807) is 12.1 Å². The summed E-state index contributed by atoms with van der Waals surface area (Å²) in [5.74, 6) is -2.51. The number of esters is 1. The fraction of sp³-hybridized carbons (Fsp3) is 0.286. The van der Waals surface area contributed by atoms with Gasteiger partial charge in [0, 0.05) is 6.92 Å². The standard InChI is InChI=1S/C14H13NO6/c1-9(16)20-8-4-7-12(17)21-15-13(18)10-5-2-3-6-11(10)14(15)19/h2-3,5-6H,4,7-8H2,1H3. The van der Waals surface area contributed by atoms with Gasteiger partial charge in [-0.1, -0.05) is 17.2 Å². The molecule has 0 aliphatic carbocycles. The van der Waals surface area contributed by atoms with Crippen molar-refractivity contribution < 1.29 is 28.8 Å². The molecule has 0 bridgehead atoms. The van der Waals surface area contributed by atoms with Crippen LogP contribution in [0.3, 0.4) is 0 Å². The Kier molecular flexibility index (Phi) is 4.32. The summed E-state index contributed by atoms with van der Waals surface area (Å²) >= 11 is 0. The molecule has 0 aromatic heterocycles. The first-order valence-corrected chi connectivity index (χ1v) is 6.32. The second-order valence-electron chi connectivity index (χ2n) is 4.36. The van der Waals surface area contributed by atoms with Gasteiger partial charge in [0.05, 0.1) is 24.2 Å². The monoisotopic (exact) mass is 291 g/mol. The molecule has 0 spiro atoms. The predicted molar refractivity (Wildman–Crippen MR) is 68.9 cm³/mol. The number of benzene rings is 1. The maximum atomic E-state index is 11.9. The second kappa shape index (κ2) is 6.17. The summed E-state index contributed by atoms with van der Waals surface area (Å²) < 4.78 is 4.66. The van der Waals surface area contributed by atoms with Gasteiger partial charge in [0.15, 0.2) is 0 Å². The normalized spacial score (nSPS) is 13.1.